The predicted octanol–water partition coefficient (Wildman–Crippen LogP) is 3.37. The Hall–Kier alpha value is -2.78. The van der Waals surface area contributed by atoms with E-state index < -0.39 is 28.5 Å². The normalized spacial score (nSPS) is 11.5. The van der Waals surface area contributed by atoms with Crippen molar-refractivity contribution in [2.24, 2.45) is 0 Å². The number of hydrogen-bond acceptors (Lipinski definition) is 7. The number of ketones is 1. The molecule has 0 aliphatic rings. The largest absolute Gasteiger partial charge is 0.450 e. The maximum Gasteiger partial charge on any atom is 0.345 e. The van der Waals surface area contributed by atoms with Gasteiger partial charge in [-0.3, -0.25) is 19.7 Å². The number of nitrogens with zero attached hydrogens (tertiary/aromatic N) is 1. The van der Waals surface area contributed by atoms with E-state index in [1.807, 2.05) is 0 Å². The second-order valence-electron chi connectivity index (χ2n) is 5.51. The predicted molar refractivity (Wildman–Crippen MR) is 99.2 cm³/mol. The number of Topliss-reactive ketones (excluding diaryl/α,β-unsaturated/α-hetero) is 1. The van der Waals surface area contributed by atoms with Crippen LogP contribution in [0.15, 0.2) is 30.3 Å². The van der Waals surface area contributed by atoms with Gasteiger partial charge in [0.2, 0.25) is 11.7 Å². The zero-order chi connectivity index (χ0) is 20.1. The first-order chi connectivity index (χ1) is 12.7. The second-order valence-corrected chi connectivity index (χ2v) is 7.11. The molecule has 1 amide bonds. The molecular weight excluding hydrogens is 396 g/mol. The van der Waals surface area contributed by atoms with Gasteiger partial charge in [0, 0.05) is 22.9 Å². The third-order valence-electron chi connectivity index (χ3n) is 3.44. The third kappa shape index (κ3) is 5.35. The Bertz CT molecular complexity index is 911. The number of amides is 1. The lowest BCUT2D eigenvalue weighted by molar-refractivity contribution is -0.385. The maximum atomic E-state index is 12.4. The Labute approximate surface area is 163 Å². The number of ether oxygens (including phenoxy) is 1. The topological polar surface area (TPSA) is 116 Å². The number of nitro groups is 1. The third-order valence-corrected chi connectivity index (χ3v) is 4.78. The van der Waals surface area contributed by atoms with Crippen LogP contribution in [0.4, 0.5) is 5.69 Å². The summed E-state index contributed by atoms with van der Waals surface area (Å²) in [6.45, 7) is 3.05. The fraction of sp³-hybridized carbons (Fsp3) is 0.235. The molecule has 10 heteroatoms. The van der Waals surface area contributed by atoms with Gasteiger partial charge in [0.1, 0.15) is 5.56 Å². The molecule has 0 saturated carbocycles. The molecule has 0 spiro atoms. The smallest absolute Gasteiger partial charge is 0.345 e. The van der Waals surface area contributed by atoms with Crippen molar-refractivity contribution in [2.45, 2.75) is 26.5 Å². The number of rotatable bonds is 7. The van der Waals surface area contributed by atoms with Gasteiger partial charge in [-0.05, 0) is 31.2 Å². The first-order valence-electron chi connectivity index (χ1n) is 7.71. The molecule has 1 atom stereocenters. The van der Waals surface area contributed by atoms with Gasteiger partial charge in [-0.2, -0.15) is 0 Å². The molecule has 1 heterocycles. The van der Waals surface area contributed by atoms with E-state index in [9.17, 15) is 24.5 Å². The number of hydrogen-bond donors (Lipinski definition) is 1. The van der Waals surface area contributed by atoms with Crippen molar-refractivity contribution >= 4 is 46.3 Å². The Kier molecular flexibility index (Phi) is 6.65. The molecule has 1 aromatic carbocycles. The Balaban J connectivity index is 2.10. The SMILES string of the molecule is CC(=O)NCc1ccc(C(=O)C(C)OC(=O)c2cc(Cl)ccc2[N+](=O)[O-])s1. The van der Waals surface area contributed by atoms with Crippen LogP contribution in [-0.2, 0) is 16.1 Å². The number of nitrogens with one attached hydrogen (secondary N) is 1. The molecule has 2 rings (SSSR count). The van der Waals surface area contributed by atoms with Crippen LogP contribution in [0.3, 0.4) is 0 Å². The number of esters is 1. The van der Waals surface area contributed by atoms with E-state index in [1.54, 1.807) is 12.1 Å². The molecular formula is C17H15ClN2O6S. The zero-order valence-corrected chi connectivity index (χ0v) is 15.9. The van der Waals surface area contributed by atoms with E-state index >= 15 is 0 Å². The van der Waals surface area contributed by atoms with Crippen LogP contribution in [0.1, 0.15) is 38.8 Å². The lowest BCUT2D eigenvalue weighted by Crippen LogP contribution is -2.24. The number of benzene rings is 1. The van der Waals surface area contributed by atoms with Crippen molar-refractivity contribution in [3.8, 4) is 0 Å². The summed E-state index contributed by atoms with van der Waals surface area (Å²) in [7, 11) is 0. The minimum absolute atomic E-state index is 0.132. The number of carbonyl (C=O) groups is 3. The number of nitro benzene ring substituents is 1. The molecule has 1 N–H and O–H groups in total. The number of halogens is 1. The van der Waals surface area contributed by atoms with Crippen molar-refractivity contribution in [1.29, 1.82) is 0 Å². The lowest BCUT2D eigenvalue weighted by Gasteiger charge is -2.11. The van der Waals surface area contributed by atoms with Crippen LogP contribution in [0.2, 0.25) is 5.02 Å². The van der Waals surface area contributed by atoms with Crippen LogP contribution in [-0.4, -0.2) is 28.7 Å². The van der Waals surface area contributed by atoms with E-state index in [-0.39, 0.29) is 23.0 Å². The summed E-state index contributed by atoms with van der Waals surface area (Å²) in [6, 6.07) is 6.75. The first kappa shape index (κ1) is 20.5. The minimum atomic E-state index is -1.15. The molecule has 1 unspecified atom stereocenters. The standard InChI is InChI=1S/C17H15ClN2O6S/c1-9(16(22)15-6-4-12(27-15)8-19-10(2)21)26-17(23)13-7-11(18)3-5-14(13)20(24)25/h3-7,9H,8H2,1-2H3,(H,19,21). The van der Waals surface area contributed by atoms with E-state index in [0.717, 1.165) is 28.3 Å². The average Bonchev–Trinajstić information content (AvgIpc) is 3.07. The summed E-state index contributed by atoms with van der Waals surface area (Å²) in [5, 5.41) is 13.8. The highest BCUT2D eigenvalue weighted by Gasteiger charge is 2.27. The van der Waals surface area contributed by atoms with Crippen LogP contribution < -0.4 is 5.32 Å². The van der Waals surface area contributed by atoms with Crippen molar-refractivity contribution in [3.05, 3.63) is 60.8 Å². The van der Waals surface area contributed by atoms with E-state index in [0.29, 0.717) is 4.88 Å². The van der Waals surface area contributed by atoms with Gasteiger partial charge >= 0.3 is 5.97 Å². The summed E-state index contributed by atoms with van der Waals surface area (Å²) < 4.78 is 5.09. The average molecular weight is 411 g/mol. The lowest BCUT2D eigenvalue weighted by atomic mass is 10.1. The summed E-state index contributed by atoms with van der Waals surface area (Å²) in [5.41, 5.74) is -0.789. The van der Waals surface area contributed by atoms with Gasteiger partial charge in [-0.1, -0.05) is 11.6 Å². The van der Waals surface area contributed by atoms with Gasteiger partial charge in [-0.15, -0.1) is 11.3 Å². The molecule has 0 saturated heterocycles. The molecule has 2 aromatic rings. The zero-order valence-electron chi connectivity index (χ0n) is 14.4. The van der Waals surface area contributed by atoms with Gasteiger partial charge in [0.15, 0.2) is 6.10 Å². The Morgan fingerprint density at radius 1 is 1.30 bits per heavy atom. The summed E-state index contributed by atoms with van der Waals surface area (Å²) >= 11 is 6.95. The van der Waals surface area contributed by atoms with E-state index in [1.165, 1.54) is 19.9 Å². The fourth-order valence-electron chi connectivity index (χ4n) is 2.13. The highest BCUT2D eigenvalue weighted by Crippen LogP contribution is 2.25. The fourth-order valence-corrected chi connectivity index (χ4v) is 3.26. The summed E-state index contributed by atoms with van der Waals surface area (Å²) in [5.74, 6) is -1.66. The van der Waals surface area contributed by atoms with E-state index in [4.69, 9.17) is 16.3 Å². The number of carbonyl (C=O) groups excluding carboxylic acids is 3. The molecule has 142 valence electrons. The van der Waals surface area contributed by atoms with Crippen LogP contribution >= 0.6 is 22.9 Å². The first-order valence-corrected chi connectivity index (χ1v) is 8.90. The maximum absolute atomic E-state index is 12.4. The van der Waals surface area contributed by atoms with Crippen molar-refractivity contribution in [2.75, 3.05) is 0 Å². The van der Waals surface area contributed by atoms with Crippen LogP contribution in [0, 0.1) is 10.1 Å². The molecule has 8 nitrogen and oxygen atoms in total. The van der Waals surface area contributed by atoms with Gasteiger partial charge in [0.25, 0.3) is 5.69 Å². The van der Waals surface area contributed by atoms with Gasteiger partial charge in [0.05, 0.1) is 16.3 Å². The molecule has 0 aliphatic carbocycles. The highest BCUT2D eigenvalue weighted by atomic mass is 35.5. The van der Waals surface area contributed by atoms with Gasteiger partial charge < -0.3 is 10.1 Å². The minimum Gasteiger partial charge on any atom is -0.450 e. The molecule has 0 fully saturated rings. The number of thiophene rings is 1. The molecule has 0 bridgehead atoms. The summed E-state index contributed by atoms with van der Waals surface area (Å²) in [6.07, 6.45) is -1.15. The molecule has 0 aliphatic heterocycles. The van der Waals surface area contributed by atoms with Crippen LogP contribution in [0.25, 0.3) is 0 Å². The Morgan fingerprint density at radius 2 is 2.00 bits per heavy atom. The van der Waals surface area contributed by atoms with Crippen molar-refractivity contribution in [3.63, 3.8) is 0 Å². The van der Waals surface area contributed by atoms with E-state index in [2.05, 4.69) is 5.32 Å². The quantitative estimate of drug-likeness (QED) is 0.324. The molecule has 27 heavy (non-hydrogen) atoms. The molecule has 0 radical (unpaired) electrons. The van der Waals surface area contributed by atoms with Crippen molar-refractivity contribution in [1.82, 2.24) is 5.32 Å². The second kappa shape index (κ2) is 8.74. The molecule has 1 aromatic heterocycles. The highest BCUT2D eigenvalue weighted by molar-refractivity contribution is 7.14. The van der Waals surface area contributed by atoms with Crippen molar-refractivity contribution < 1.29 is 24.0 Å². The monoisotopic (exact) mass is 410 g/mol. The van der Waals surface area contributed by atoms with Crippen LogP contribution in [0.5, 0.6) is 0 Å². The summed E-state index contributed by atoms with van der Waals surface area (Å²) in [4.78, 5) is 47.1. The Morgan fingerprint density at radius 3 is 2.63 bits per heavy atom. The van der Waals surface area contributed by atoms with Gasteiger partial charge in [-0.25, -0.2) is 4.79 Å².